The molecule has 0 amide bonds. The molecule has 0 N–H and O–H groups in total. The largest absolute Gasteiger partial charge is 0.294 e. The molecule has 0 radical (unpaired) electrons. The van der Waals surface area contributed by atoms with Gasteiger partial charge < -0.3 is 0 Å². The fourth-order valence-corrected chi connectivity index (χ4v) is 2.09. The third-order valence-electron chi connectivity index (χ3n) is 2.30. The Labute approximate surface area is 107 Å². The lowest BCUT2D eigenvalue weighted by molar-refractivity contribution is 0.0989. The van der Waals surface area contributed by atoms with E-state index in [-0.39, 0.29) is 12.2 Å². The van der Waals surface area contributed by atoms with Gasteiger partial charge in [-0.05, 0) is 28.7 Å². The van der Waals surface area contributed by atoms with E-state index in [9.17, 15) is 4.79 Å². The number of carbonyl (C=O) groups excluding carboxylic acids is 1. The van der Waals surface area contributed by atoms with E-state index in [0.717, 1.165) is 9.13 Å². The van der Waals surface area contributed by atoms with E-state index in [2.05, 4.69) is 32.7 Å². The first kappa shape index (κ1) is 11.3. The fourth-order valence-electron chi connectivity index (χ4n) is 1.41. The molecule has 0 fully saturated rings. The number of aromatic nitrogens is 3. The van der Waals surface area contributed by atoms with Crippen molar-refractivity contribution in [1.29, 1.82) is 0 Å². The van der Waals surface area contributed by atoms with E-state index < -0.39 is 0 Å². The fraction of sp³-hybridized carbons (Fsp3) is 0.182. The number of Topliss-reactive ketones (excluding diaryl/α,β-unsaturated/α-hetero) is 1. The summed E-state index contributed by atoms with van der Waals surface area (Å²) in [6, 6.07) is 7.54. The maximum absolute atomic E-state index is 12.0. The molecule has 0 saturated heterocycles. The van der Waals surface area contributed by atoms with Gasteiger partial charge in [-0.2, -0.15) is 5.10 Å². The predicted octanol–water partition coefficient (Wildman–Crippen LogP) is 1.85. The smallest absolute Gasteiger partial charge is 0.171 e. The highest BCUT2D eigenvalue weighted by Crippen LogP contribution is 2.13. The first-order chi connectivity index (χ1) is 7.68. The summed E-state index contributed by atoms with van der Waals surface area (Å²) in [5, 5.41) is 3.94. The van der Waals surface area contributed by atoms with Gasteiger partial charge in [-0.1, -0.05) is 18.2 Å². The van der Waals surface area contributed by atoms with Crippen LogP contribution in [-0.4, -0.2) is 20.5 Å². The highest BCUT2D eigenvalue weighted by atomic mass is 127. The molecule has 4 nitrogen and oxygen atoms in total. The summed E-state index contributed by atoms with van der Waals surface area (Å²) in [6.45, 7) is 0. The van der Waals surface area contributed by atoms with Crippen LogP contribution in [0.5, 0.6) is 0 Å². The van der Waals surface area contributed by atoms with Crippen molar-refractivity contribution in [3.05, 3.63) is 45.6 Å². The normalized spacial score (nSPS) is 10.4. The number of aryl methyl sites for hydroxylation is 1. The van der Waals surface area contributed by atoms with Crippen LogP contribution in [-0.2, 0) is 13.5 Å². The molecule has 5 heteroatoms. The number of benzene rings is 1. The van der Waals surface area contributed by atoms with Crippen LogP contribution in [0.15, 0.2) is 30.6 Å². The lowest BCUT2D eigenvalue weighted by Crippen LogP contribution is -2.10. The van der Waals surface area contributed by atoms with Gasteiger partial charge in [0.15, 0.2) is 5.78 Å². The number of hydrogen-bond donors (Lipinski definition) is 0. The number of hydrogen-bond acceptors (Lipinski definition) is 3. The molecule has 0 atom stereocenters. The number of nitrogens with zero attached hydrogens (tertiary/aromatic N) is 3. The van der Waals surface area contributed by atoms with Gasteiger partial charge in [-0.25, -0.2) is 4.98 Å². The average Bonchev–Trinajstić information content (AvgIpc) is 2.65. The molecule has 0 spiro atoms. The second kappa shape index (κ2) is 4.73. The second-order valence-electron chi connectivity index (χ2n) is 3.38. The summed E-state index contributed by atoms with van der Waals surface area (Å²) in [5.41, 5.74) is 0.742. The van der Waals surface area contributed by atoms with Crippen molar-refractivity contribution >= 4 is 28.4 Å². The van der Waals surface area contributed by atoms with Crippen LogP contribution in [0.25, 0.3) is 0 Å². The average molecular weight is 327 g/mol. The van der Waals surface area contributed by atoms with Gasteiger partial charge >= 0.3 is 0 Å². The number of carbonyl (C=O) groups is 1. The van der Waals surface area contributed by atoms with E-state index in [4.69, 9.17) is 0 Å². The topological polar surface area (TPSA) is 47.8 Å². The molecule has 1 aromatic carbocycles. The highest BCUT2D eigenvalue weighted by molar-refractivity contribution is 14.1. The summed E-state index contributed by atoms with van der Waals surface area (Å²) >= 11 is 2.16. The zero-order valence-electron chi connectivity index (χ0n) is 8.72. The molecule has 0 aliphatic heterocycles. The minimum atomic E-state index is 0.0705. The molecule has 2 aromatic rings. The van der Waals surface area contributed by atoms with Crippen LogP contribution < -0.4 is 0 Å². The van der Waals surface area contributed by atoms with Crippen molar-refractivity contribution in [1.82, 2.24) is 14.8 Å². The zero-order chi connectivity index (χ0) is 11.5. The summed E-state index contributed by atoms with van der Waals surface area (Å²) < 4.78 is 2.58. The van der Waals surface area contributed by atoms with E-state index in [1.165, 1.54) is 6.33 Å². The standard InChI is InChI=1S/C11H10IN3O/c1-15-11(13-7-14-15)6-10(16)8-4-2-3-5-9(8)12/h2-5,7H,6H2,1H3. The van der Waals surface area contributed by atoms with Crippen molar-refractivity contribution in [2.24, 2.45) is 7.05 Å². The Morgan fingerprint density at radius 2 is 2.19 bits per heavy atom. The maximum atomic E-state index is 12.0. The van der Waals surface area contributed by atoms with Crippen LogP contribution in [0.4, 0.5) is 0 Å². The molecule has 1 heterocycles. The molecule has 0 aliphatic rings. The first-order valence-corrected chi connectivity index (χ1v) is 5.87. The van der Waals surface area contributed by atoms with Crippen molar-refractivity contribution in [3.8, 4) is 0 Å². The van der Waals surface area contributed by atoms with Gasteiger partial charge in [0.2, 0.25) is 0 Å². The van der Waals surface area contributed by atoms with Crippen molar-refractivity contribution in [2.45, 2.75) is 6.42 Å². The Bertz CT molecular complexity index is 521. The van der Waals surface area contributed by atoms with Crippen LogP contribution in [0.3, 0.4) is 0 Å². The van der Waals surface area contributed by atoms with Crippen molar-refractivity contribution < 1.29 is 4.79 Å². The molecule has 1 aromatic heterocycles. The van der Waals surface area contributed by atoms with Crippen LogP contribution in [0, 0.1) is 3.57 Å². The van der Waals surface area contributed by atoms with Gasteiger partial charge in [0, 0.05) is 16.2 Å². The van der Waals surface area contributed by atoms with Crippen molar-refractivity contribution in [2.75, 3.05) is 0 Å². The zero-order valence-corrected chi connectivity index (χ0v) is 10.9. The second-order valence-corrected chi connectivity index (χ2v) is 4.54. The Morgan fingerprint density at radius 1 is 1.44 bits per heavy atom. The van der Waals surface area contributed by atoms with Gasteiger partial charge in [0.25, 0.3) is 0 Å². The van der Waals surface area contributed by atoms with E-state index >= 15 is 0 Å². The van der Waals surface area contributed by atoms with E-state index in [0.29, 0.717) is 5.82 Å². The molecule has 0 saturated carbocycles. The summed E-state index contributed by atoms with van der Waals surface area (Å²) in [5.74, 6) is 0.755. The first-order valence-electron chi connectivity index (χ1n) is 4.79. The molecular weight excluding hydrogens is 317 g/mol. The Morgan fingerprint density at radius 3 is 2.81 bits per heavy atom. The summed E-state index contributed by atoms with van der Waals surface area (Å²) in [7, 11) is 1.78. The van der Waals surface area contributed by atoms with Crippen LogP contribution in [0.2, 0.25) is 0 Å². The van der Waals surface area contributed by atoms with Gasteiger partial charge in [0.05, 0.1) is 6.42 Å². The van der Waals surface area contributed by atoms with Crippen LogP contribution >= 0.6 is 22.6 Å². The van der Waals surface area contributed by atoms with Gasteiger partial charge in [-0.3, -0.25) is 9.48 Å². The third-order valence-corrected chi connectivity index (χ3v) is 3.24. The number of rotatable bonds is 3. The van der Waals surface area contributed by atoms with E-state index in [1.807, 2.05) is 24.3 Å². The monoisotopic (exact) mass is 327 g/mol. The van der Waals surface area contributed by atoms with Gasteiger partial charge in [-0.15, -0.1) is 0 Å². The Balaban J connectivity index is 2.22. The minimum absolute atomic E-state index is 0.0705. The molecule has 2 rings (SSSR count). The van der Waals surface area contributed by atoms with Gasteiger partial charge in [0.1, 0.15) is 12.2 Å². The summed E-state index contributed by atoms with van der Waals surface area (Å²) in [6.07, 6.45) is 1.75. The number of ketones is 1. The predicted molar refractivity (Wildman–Crippen MR) is 68.2 cm³/mol. The Hall–Kier alpha value is -1.24. The van der Waals surface area contributed by atoms with Crippen LogP contribution in [0.1, 0.15) is 16.2 Å². The SMILES string of the molecule is Cn1ncnc1CC(=O)c1ccccc1I. The third kappa shape index (κ3) is 2.29. The molecular formula is C11H10IN3O. The quantitative estimate of drug-likeness (QED) is 0.638. The maximum Gasteiger partial charge on any atom is 0.171 e. The lowest BCUT2D eigenvalue weighted by atomic mass is 10.1. The molecule has 0 aliphatic carbocycles. The molecule has 0 bridgehead atoms. The highest BCUT2D eigenvalue weighted by Gasteiger charge is 2.12. The molecule has 82 valence electrons. The Kier molecular flexibility index (Phi) is 3.33. The van der Waals surface area contributed by atoms with Crippen molar-refractivity contribution in [3.63, 3.8) is 0 Å². The molecule has 16 heavy (non-hydrogen) atoms. The van der Waals surface area contributed by atoms with E-state index in [1.54, 1.807) is 11.7 Å². The lowest BCUT2D eigenvalue weighted by Gasteiger charge is -2.02. The number of halogens is 1. The summed E-state index contributed by atoms with van der Waals surface area (Å²) in [4.78, 5) is 16.0. The minimum Gasteiger partial charge on any atom is -0.294 e. The molecule has 0 unspecified atom stereocenters.